The van der Waals surface area contributed by atoms with Gasteiger partial charge in [0.05, 0.1) is 0 Å². The van der Waals surface area contributed by atoms with Crippen molar-refractivity contribution in [1.29, 1.82) is 0 Å². The number of nitrogens with zero attached hydrogens (tertiary/aromatic N) is 4. The minimum absolute atomic E-state index is 0. The van der Waals surface area contributed by atoms with Crippen molar-refractivity contribution in [2.24, 2.45) is 0 Å². The Morgan fingerprint density at radius 2 is 0.919 bits per heavy atom. The Morgan fingerprint density at radius 1 is 0.595 bits per heavy atom. The Labute approximate surface area is 241 Å². The fourth-order valence-corrected chi connectivity index (χ4v) is 2.92. The fraction of sp³-hybridized carbons (Fsp3) is 0.400. The van der Waals surface area contributed by atoms with E-state index < -0.39 is 0 Å². The number of rotatable bonds is 5. The van der Waals surface area contributed by atoms with Crippen LogP contribution in [0.1, 0.15) is 55.4 Å². The predicted molar refractivity (Wildman–Crippen MR) is 151 cm³/mol. The van der Waals surface area contributed by atoms with Gasteiger partial charge in [-0.2, -0.15) is 36.4 Å². The maximum atomic E-state index is 10.0. The standard InChI is InChI=1S/2C9H16N2.C6H6OS.C6H5.Ni/c2*1-8(2)10-5-6-11(7-10)9(3)4;7-8-6-4-2-1-3-5-6;1-2-4-6-5-3-1;/h2*5-6,8-9H,1-4H3;1-5,7H;1-5H;/q;;;-1;+2/p-1. The summed E-state index contributed by atoms with van der Waals surface area (Å²) in [7, 11) is 0. The Balaban J connectivity index is 0.000000474. The van der Waals surface area contributed by atoms with Gasteiger partial charge in [-0.15, -0.1) is 0 Å². The van der Waals surface area contributed by atoms with Gasteiger partial charge >= 0.3 is 16.5 Å². The van der Waals surface area contributed by atoms with E-state index >= 15 is 0 Å². The van der Waals surface area contributed by atoms with Crippen molar-refractivity contribution in [3.63, 3.8) is 0 Å². The quantitative estimate of drug-likeness (QED) is 0.217. The van der Waals surface area contributed by atoms with Gasteiger partial charge in [-0.05, 0) is 72.4 Å². The van der Waals surface area contributed by atoms with Gasteiger partial charge in [-0.25, -0.2) is 12.0 Å². The first-order valence-corrected chi connectivity index (χ1v) is 13.2. The molecule has 5 nitrogen and oxygen atoms in total. The van der Waals surface area contributed by atoms with E-state index in [2.05, 4.69) is 119 Å². The second-order valence-corrected chi connectivity index (χ2v) is 9.91. The molecule has 2 aliphatic heterocycles. The van der Waals surface area contributed by atoms with E-state index in [0.29, 0.717) is 36.2 Å². The molecule has 0 aliphatic carbocycles. The zero-order valence-corrected chi connectivity index (χ0v) is 25.1. The van der Waals surface area contributed by atoms with Crippen molar-refractivity contribution < 1.29 is 21.0 Å². The molecular formula is C30H42N4NiOS. The summed E-state index contributed by atoms with van der Waals surface area (Å²) in [6, 6.07) is 23.7. The summed E-state index contributed by atoms with van der Waals surface area (Å²) in [5, 5.41) is 0. The molecule has 7 heteroatoms. The van der Waals surface area contributed by atoms with Crippen LogP contribution in [0.5, 0.6) is 0 Å². The smallest absolute Gasteiger partial charge is 0.795 e. The topological polar surface area (TPSA) is 36.0 Å². The molecule has 2 aromatic rings. The molecule has 0 saturated carbocycles. The molecule has 204 valence electrons. The molecule has 2 aromatic carbocycles. The molecule has 0 aromatic heterocycles. The van der Waals surface area contributed by atoms with Crippen LogP contribution in [0.3, 0.4) is 0 Å². The molecule has 0 N–H and O–H groups in total. The van der Waals surface area contributed by atoms with Crippen LogP contribution in [0.15, 0.2) is 90.4 Å². The monoisotopic (exact) mass is 564 g/mol. The molecule has 4 radical (unpaired) electrons. The van der Waals surface area contributed by atoms with E-state index in [4.69, 9.17) is 0 Å². The molecule has 2 heterocycles. The van der Waals surface area contributed by atoms with Gasteiger partial charge in [0.15, 0.2) is 0 Å². The zero-order valence-electron chi connectivity index (χ0n) is 23.3. The predicted octanol–water partition coefficient (Wildman–Crippen LogP) is 7.17. The van der Waals surface area contributed by atoms with Crippen molar-refractivity contribution in [2.75, 3.05) is 0 Å². The molecule has 4 rings (SSSR count). The summed E-state index contributed by atoms with van der Waals surface area (Å²) in [6.07, 6.45) is 8.24. The van der Waals surface area contributed by atoms with Gasteiger partial charge in [0.1, 0.15) is 0 Å². The van der Waals surface area contributed by atoms with E-state index in [1.165, 1.54) is 0 Å². The van der Waals surface area contributed by atoms with Crippen LogP contribution in [0, 0.1) is 19.4 Å². The number of hydrogen-bond acceptors (Lipinski definition) is 6. The van der Waals surface area contributed by atoms with Crippen LogP contribution in [0.4, 0.5) is 0 Å². The van der Waals surface area contributed by atoms with Gasteiger partial charge in [-0.1, -0.05) is 18.2 Å². The van der Waals surface area contributed by atoms with Gasteiger partial charge in [-0.3, -0.25) is 0 Å². The SMILES string of the molecule is CC(C)N1[C]N(C(C)C)C=C1.CC(C)N1[C]N(C(C)C)C=C1.[Ni+2].[O-]Sc1ccccc1.[c-]1ccccc1. The molecule has 0 bridgehead atoms. The molecule has 2 aliphatic rings. The van der Waals surface area contributed by atoms with Gasteiger partial charge < -0.3 is 24.2 Å². The molecule has 0 spiro atoms. The third-order valence-electron chi connectivity index (χ3n) is 4.91. The van der Waals surface area contributed by atoms with Gasteiger partial charge in [0.2, 0.25) is 13.3 Å². The van der Waals surface area contributed by atoms with Crippen molar-refractivity contribution in [1.82, 2.24) is 19.6 Å². The molecule has 0 unspecified atom stereocenters. The normalized spacial score (nSPS) is 13.8. The Kier molecular flexibility index (Phi) is 18.8. The average molecular weight is 565 g/mol. The second-order valence-electron chi connectivity index (χ2n) is 9.27. The van der Waals surface area contributed by atoms with Crippen LogP contribution in [0.2, 0.25) is 0 Å². The fourth-order valence-electron chi connectivity index (χ4n) is 2.66. The second kappa shape index (κ2) is 20.0. The van der Waals surface area contributed by atoms with E-state index in [1.807, 2.05) is 48.5 Å². The van der Waals surface area contributed by atoms with Crippen LogP contribution >= 0.6 is 12.0 Å². The first-order chi connectivity index (χ1) is 17.1. The summed E-state index contributed by atoms with van der Waals surface area (Å²) in [4.78, 5) is 9.10. The molecular weight excluding hydrogens is 523 g/mol. The van der Waals surface area contributed by atoms with E-state index in [0.717, 1.165) is 4.90 Å². The molecule has 37 heavy (non-hydrogen) atoms. The van der Waals surface area contributed by atoms with Gasteiger partial charge in [0.25, 0.3) is 0 Å². The molecule has 0 amide bonds. The maximum absolute atomic E-state index is 10.0. The van der Waals surface area contributed by atoms with E-state index in [1.54, 1.807) is 12.1 Å². The summed E-state index contributed by atoms with van der Waals surface area (Å²) in [5.41, 5.74) is 0. The molecule has 0 atom stereocenters. The van der Waals surface area contributed by atoms with E-state index in [9.17, 15) is 4.55 Å². The van der Waals surface area contributed by atoms with Crippen molar-refractivity contribution in [3.8, 4) is 0 Å². The number of hydrogen-bond donors (Lipinski definition) is 0. The van der Waals surface area contributed by atoms with Crippen LogP contribution in [0.25, 0.3) is 0 Å². The minimum Gasteiger partial charge on any atom is -0.795 e. The summed E-state index contributed by atoms with van der Waals surface area (Å²) in [6.45, 7) is 23.7. The molecule has 0 fully saturated rings. The zero-order chi connectivity index (χ0) is 26.9. The Hall–Kier alpha value is -2.08. The minimum atomic E-state index is 0. The summed E-state index contributed by atoms with van der Waals surface area (Å²) in [5.74, 6) is 0. The summed E-state index contributed by atoms with van der Waals surface area (Å²) < 4.78 is 10.0. The Bertz CT molecular complexity index is 752. The van der Waals surface area contributed by atoms with Crippen molar-refractivity contribution in [3.05, 3.63) is 105 Å². The van der Waals surface area contributed by atoms with Gasteiger partial charge in [0, 0.05) is 49.0 Å². The third kappa shape index (κ3) is 15.1. The van der Waals surface area contributed by atoms with Crippen LogP contribution < -0.4 is 0 Å². The average Bonchev–Trinajstić information content (AvgIpc) is 3.58. The van der Waals surface area contributed by atoms with Crippen LogP contribution in [-0.2, 0) is 16.5 Å². The summed E-state index contributed by atoms with van der Waals surface area (Å²) >= 11 is 0.519. The first-order valence-electron chi connectivity index (χ1n) is 12.4. The Morgan fingerprint density at radius 3 is 1.08 bits per heavy atom. The number of benzene rings is 2. The van der Waals surface area contributed by atoms with Crippen molar-refractivity contribution in [2.45, 2.75) is 84.5 Å². The first kappa shape index (κ1) is 34.9. The van der Waals surface area contributed by atoms with Crippen LogP contribution in [-0.4, -0.2) is 48.3 Å². The largest absolute Gasteiger partial charge is 2.00 e. The molecule has 0 saturated heterocycles. The van der Waals surface area contributed by atoms with E-state index in [-0.39, 0.29) is 16.5 Å². The third-order valence-corrected chi connectivity index (χ3v) is 5.37. The maximum Gasteiger partial charge on any atom is 2.00 e. The van der Waals surface area contributed by atoms with Crippen molar-refractivity contribution >= 4 is 12.0 Å².